The Kier molecular flexibility index (Phi) is 6.68. The van der Waals surface area contributed by atoms with Crippen LogP contribution in [-0.2, 0) is 14.3 Å². The highest BCUT2D eigenvalue weighted by molar-refractivity contribution is 5.96. The standard InChI is InChI=1S/C20H30N4O3/c1-17(25)24(8-7-20(26)23-11-9-21(2)10-12-23)19-6-4-3-5-18(19)22-13-15-27-16-14-22/h3-6H,7-16H2,1-2H3. The van der Waals surface area contributed by atoms with Crippen molar-refractivity contribution in [2.24, 2.45) is 0 Å². The summed E-state index contributed by atoms with van der Waals surface area (Å²) in [6, 6.07) is 7.94. The minimum atomic E-state index is -0.0399. The maximum atomic E-state index is 12.6. The second-order valence-electron chi connectivity index (χ2n) is 7.19. The van der Waals surface area contributed by atoms with Gasteiger partial charge in [-0.05, 0) is 19.2 Å². The number of likely N-dealkylation sites (N-methyl/N-ethyl adjacent to an activating group) is 1. The molecule has 0 unspecified atom stereocenters. The Bertz CT molecular complexity index is 652. The average Bonchev–Trinajstić information content (AvgIpc) is 2.69. The molecule has 3 rings (SSSR count). The van der Waals surface area contributed by atoms with E-state index >= 15 is 0 Å². The Morgan fingerprint density at radius 3 is 2.37 bits per heavy atom. The van der Waals surface area contributed by atoms with E-state index in [0.29, 0.717) is 26.2 Å². The lowest BCUT2D eigenvalue weighted by molar-refractivity contribution is -0.132. The van der Waals surface area contributed by atoms with Crippen LogP contribution in [0.15, 0.2) is 24.3 Å². The first kappa shape index (κ1) is 19.6. The zero-order chi connectivity index (χ0) is 19.2. The lowest BCUT2D eigenvalue weighted by Crippen LogP contribution is -2.48. The van der Waals surface area contributed by atoms with Gasteiger partial charge in [-0.3, -0.25) is 9.59 Å². The molecule has 7 nitrogen and oxygen atoms in total. The van der Waals surface area contributed by atoms with Crippen LogP contribution in [0.4, 0.5) is 11.4 Å². The minimum Gasteiger partial charge on any atom is -0.378 e. The number of hydrogen-bond donors (Lipinski definition) is 0. The predicted molar refractivity (Wildman–Crippen MR) is 106 cm³/mol. The lowest BCUT2D eigenvalue weighted by Gasteiger charge is -2.34. The van der Waals surface area contributed by atoms with Crippen molar-refractivity contribution in [3.8, 4) is 0 Å². The molecule has 2 saturated heterocycles. The van der Waals surface area contributed by atoms with E-state index in [1.807, 2.05) is 29.2 Å². The van der Waals surface area contributed by atoms with Gasteiger partial charge in [0.2, 0.25) is 11.8 Å². The SMILES string of the molecule is CC(=O)N(CCC(=O)N1CCN(C)CC1)c1ccccc1N1CCOCC1. The van der Waals surface area contributed by atoms with Gasteiger partial charge in [0, 0.05) is 59.2 Å². The number of anilines is 2. The zero-order valence-corrected chi connectivity index (χ0v) is 16.4. The molecule has 1 aromatic rings. The smallest absolute Gasteiger partial charge is 0.224 e. The molecule has 0 aliphatic carbocycles. The Morgan fingerprint density at radius 2 is 1.70 bits per heavy atom. The topological polar surface area (TPSA) is 56.3 Å². The van der Waals surface area contributed by atoms with Crippen LogP contribution < -0.4 is 9.80 Å². The van der Waals surface area contributed by atoms with Gasteiger partial charge in [-0.2, -0.15) is 0 Å². The third kappa shape index (κ3) is 4.99. The number of benzene rings is 1. The summed E-state index contributed by atoms with van der Waals surface area (Å²) in [5, 5.41) is 0. The Balaban J connectivity index is 1.69. The van der Waals surface area contributed by atoms with Gasteiger partial charge in [-0.25, -0.2) is 0 Å². The summed E-state index contributed by atoms with van der Waals surface area (Å²) >= 11 is 0. The molecule has 27 heavy (non-hydrogen) atoms. The molecule has 2 fully saturated rings. The van der Waals surface area contributed by atoms with E-state index in [0.717, 1.165) is 50.6 Å². The van der Waals surface area contributed by atoms with Crippen LogP contribution in [0.3, 0.4) is 0 Å². The van der Waals surface area contributed by atoms with E-state index < -0.39 is 0 Å². The molecule has 0 bridgehead atoms. The van der Waals surface area contributed by atoms with E-state index in [4.69, 9.17) is 4.74 Å². The fourth-order valence-electron chi connectivity index (χ4n) is 3.63. The third-order valence-electron chi connectivity index (χ3n) is 5.31. The van der Waals surface area contributed by atoms with Crippen LogP contribution in [0, 0.1) is 0 Å². The molecule has 7 heteroatoms. The molecule has 0 N–H and O–H groups in total. The summed E-state index contributed by atoms with van der Waals surface area (Å²) in [4.78, 5) is 33.1. The van der Waals surface area contributed by atoms with Crippen molar-refractivity contribution in [2.75, 3.05) is 75.9 Å². The van der Waals surface area contributed by atoms with Crippen molar-refractivity contribution in [1.82, 2.24) is 9.80 Å². The van der Waals surface area contributed by atoms with Gasteiger partial charge in [-0.15, -0.1) is 0 Å². The molecule has 0 spiro atoms. The fourth-order valence-corrected chi connectivity index (χ4v) is 3.63. The first-order chi connectivity index (χ1) is 13.1. The maximum absolute atomic E-state index is 12.6. The quantitative estimate of drug-likeness (QED) is 0.771. The first-order valence-corrected chi connectivity index (χ1v) is 9.72. The van der Waals surface area contributed by atoms with E-state index in [-0.39, 0.29) is 11.8 Å². The van der Waals surface area contributed by atoms with Gasteiger partial charge in [0.25, 0.3) is 0 Å². The highest BCUT2D eigenvalue weighted by Gasteiger charge is 2.23. The fraction of sp³-hybridized carbons (Fsp3) is 0.600. The monoisotopic (exact) mass is 374 g/mol. The molecule has 1 aromatic carbocycles. The average molecular weight is 374 g/mol. The van der Waals surface area contributed by atoms with E-state index in [1.165, 1.54) is 0 Å². The van der Waals surface area contributed by atoms with E-state index in [9.17, 15) is 9.59 Å². The van der Waals surface area contributed by atoms with Crippen LogP contribution >= 0.6 is 0 Å². The molecule has 2 amide bonds. The van der Waals surface area contributed by atoms with Gasteiger partial charge >= 0.3 is 0 Å². The van der Waals surface area contributed by atoms with Crippen molar-refractivity contribution >= 4 is 23.2 Å². The number of ether oxygens (including phenoxy) is 1. The largest absolute Gasteiger partial charge is 0.378 e. The van der Waals surface area contributed by atoms with Crippen molar-refractivity contribution in [1.29, 1.82) is 0 Å². The van der Waals surface area contributed by atoms with Crippen molar-refractivity contribution in [3.63, 3.8) is 0 Å². The van der Waals surface area contributed by atoms with Crippen LogP contribution in [0.1, 0.15) is 13.3 Å². The van der Waals surface area contributed by atoms with E-state index in [1.54, 1.807) is 11.8 Å². The van der Waals surface area contributed by atoms with Gasteiger partial charge in [0.1, 0.15) is 0 Å². The van der Waals surface area contributed by atoms with Crippen molar-refractivity contribution in [2.45, 2.75) is 13.3 Å². The molecule has 2 aliphatic rings. The first-order valence-electron chi connectivity index (χ1n) is 9.72. The van der Waals surface area contributed by atoms with Crippen LogP contribution in [0.25, 0.3) is 0 Å². The predicted octanol–water partition coefficient (Wildman–Crippen LogP) is 1.04. The lowest BCUT2D eigenvalue weighted by atomic mass is 10.2. The normalized spacial score (nSPS) is 18.4. The molecule has 2 heterocycles. The number of hydrogen-bond acceptors (Lipinski definition) is 5. The number of nitrogens with zero attached hydrogens (tertiary/aromatic N) is 4. The number of carbonyl (C=O) groups excluding carboxylic acids is 2. The second kappa shape index (κ2) is 9.19. The summed E-state index contributed by atoms with van der Waals surface area (Å²) in [6.45, 7) is 8.31. The molecule has 0 saturated carbocycles. The van der Waals surface area contributed by atoms with E-state index in [2.05, 4.69) is 16.8 Å². The van der Waals surface area contributed by atoms with Crippen LogP contribution in [0.2, 0.25) is 0 Å². The van der Waals surface area contributed by atoms with Crippen LogP contribution in [-0.4, -0.2) is 87.7 Å². The maximum Gasteiger partial charge on any atom is 0.224 e. The third-order valence-corrected chi connectivity index (χ3v) is 5.31. The molecule has 148 valence electrons. The molecule has 0 radical (unpaired) electrons. The van der Waals surface area contributed by atoms with Crippen LogP contribution in [0.5, 0.6) is 0 Å². The number of piperazine rings is 1. The molecule has 0 aromatic heterocycles. The summed E-state index contributed by atoms with van der Waals surface area (Å²) in [5.74, 6) is 0.0834. The second-order valence-corrected chi connectivity index (χ2v) is 7.19. The van der Waals surface area contributed by atoms with Crippen molar-refractivity contribution < 1.29 is 14.3 Å². The molecular formula is C20H30N4O3. The Morgan fingerprint density at radius 1 is 1.04 bits per heavy atom. The van der Waals surface area contributed by atoms with Gasteiger partial charge in [0.15, 0.2) is 0 Å². The molecular weight excluding hydrogens is 344 g/mol. The summed E-state index contributed by atoms with van der Waals surface area (Å²) in [6.07, 6.45) is 0.348. The molecule has 0 atom stereocenters. The van der Waals surface area contributed by atoms with Crippen molar-refractivity contribution in [3.05, 3.63) is 24.3 Å². The number of para-hydroxylation sites is 2. The highest BCUT2D eigenvalue weighted by atomic mass is 16.5. The number of rotatable bonds is 5. The molecule has 2 aliphatic heterocycles. The highest BCUT2D eigenvalue weighted by Crippen LogP contribution is 2.30. The van der Waals surface area contributed by atoms with Gasteiger partial charge in [-0.1, -0.05) is 12.1 Å². The Labute approximate surface area is 161 Å². The minimum absolute atomic E-state index is 0.0399. The van der Waals surface area contributed by atoms with Gasteiger partial charge < -0.3 is 24.3 Å². The Hall–Kier alpha value is -2.12. The summed E-state index contributed by atoms with van der Waals surface area (Å²) in [5.41, 5.74) is 1.90. The number of morpholine rings is 1. The number of carbonyl (C=O) groups is 2. The van der Waals surface area contributed by atoms with Gasteiger partial charge in [0.05, 0.1) is 24.6 Å². The summed E-state index contributed by atoms with van der Waals surface area (Å²) in [7, 11) is 2.07. The zero-order valence-electron chi connectivity index (χ0n) is 16.4. The summed E-state index contributed by atoms with van der Waals surface area (Å²) < 4.78 is 5.45. The number of amides is 2.